The Morgan fingerprint density at radius 2 is 1.85 bits per heavy atom. The first-order valence-corrected chi connectivity index (χ1v) is 6.13. The van der Waals surface area contributed by atoms with Crippen LogP contribution in [0.4, 0.5) is 5.69 Å². The number of carboxylic acid groups (broad SMARTS) is 1. The van der Waals surface area contributed by atoms with Crippen molar-refractivity contribution < 1.29 is 19.4 Å². The van der Waals surface area contributed by atoms with Crippen molar-refractivity contribution in [2.45, 2.75) is 6.92 Å². The summed E-state index contributed by atoms with van der Waals surface area (Å²) in [7, 11) is 0. The Bertz CT molecular complexity index is 625. The van der Waals surface area contributed by atoms with E-state index in [2.05, 4.69) is 0 Å². The highest BCUT2D eigenvalue weighted by atomic mass is 16.5. The maximum atomic E-state index is 11.0. The van der Waals surface area contributed by atoms with E-state index in [1.807, 2.05) is 13.0 Å². The van der Waals surface area contributed by atoms with Crippen LogP contribution in [0.2, 0.25) is 0 Å². The number of hydrogen-bond acceptors (Lipinski definition) is 4. The van der Waals surface area contributed by atoms with Gasteiger partial charge in [-0.2, -0.15) is 0 Å². The Labute approximate surface area is 116 Å². The van der Waals surface area contributed by atoms with Crippen LogP contribution in [0.5, 0.6) is 17.2 Å². The van der Waals surface area contributed by atoms with E-state index < -0.39 is 5.97 Å². The smallest absolute Gasteiger partial charge is 0.337 e. The quantitative estimate of drug-likeness (QED) is 0.818. The normalized spacial score (nSPS) is 10.1. The topological polar surface area (TPSA) is 81.8 Å². The van der Waals surface area contributed by atoms with Gasteiger partial charge in [-0.25, -0.2) is 4.79 Å². The molecule has 0 fully saturated rings. The van der Waals surface area contributed by atoms with Gasteiger partial charge in [0.15, 0.2) is 0 Å². The third-order valence-corrected chi connectivity index (χ3v) is 2.61. The summed E-state index contributed by atoms with van der Waals surface area (Å²) in [6, 6.07) is 11.6. The SMILES string of the molecule is CCOc1cccc(Oc2ccc(N)c(C(=O)O)c2)c1. The van der Waals surface area contributed by atoms with E-state index in [0.717, 1.165) is 0 Å². The molecule has 104 valence electrons. The molecule has 0 atom stereocenters. The number of hydrogen-bond donors (Lipinski definition) is 2. The lowest BCUT2D eigenvalue weighted by Crippen LogP contribution is -2.02. The van der Waals surface area contributed by atoms with Crippen LogP contribution in [0.3, 0.4) is 0 Å². The summed E-state index contributed by atoms with van der Waals surface area (Å²) < 4.78 is 11.0. The Balaban J connectivity index is 2.23. The van der Waals surface area contributed by atoms with E-state index in [4.69, 9.17) is 20.3 Å². The minimum Gasteiger partial charge on any atom is -0.494 e. The zero-order valence-electron chi connectivity index (χ0n) is 11.0. The predicted octanol–water partition coefficient (Wildman–Crippen LogP) is 3.16. The maximum Gasteiger partial charge on any atom is 0.337 e. The summed E-state index contributed by atoms with van der Waals surface area (Å²) in [6.45, 7) is 2.46. The monoisotopic (exact) mass is 273 g/mol. The molecular formula is C15H15NO4. The summed E-state index contributed by atoms with van der Waals surface area (Å²) in [5.74, 6) is 0.581. The first-order chi connectivity index (χ1) is 9.60. The number of nitrogens with two attached hydrogens (primary N) is 1. The minimum atomic E-state index is -1.09. The maximum absolute atomic E-state index is 11.0. The van der Waals surface area contributed by atoms with Gasteiger partial charge in [-0.1, -0.05) is 6.07 Å². The van der Waals surface area contributed by atoms with Crippen LogP contribution in [0.1, 0.15) is 17.3 Å². The second-order valence-corrected chi connectivity index (χ2v) is 4.06. The Hall–Kier alpha value is -2.69. The molecule has 0 aliphatic carbocycles. The van der Waals surface area contributed by atoms with Gasteiger partial charge in [0.2, 0.25) is 0 Å². The van der Waals surface area contributed by atoms with E-state index in [1.54, 1.807) is 24.3 Å². The zero-order chi connectivity index (χ0) is 14.5. The van der Waals surface area contributed by atoms with Crippen LogP contribution >= 0.6 is 0 Å². The van der Waals surface area contributed by atoms with Crippen molar-refractivity contribution in [1.29, 1.82) is 0 Å². The van der Waals surface area contributed by atoms with Gasteiger partial charge in [0.05, 0.1) is 12.2 Å². The first-order valence-electron chi connectivity index (χ1n) is 6.13. The van der Waals surface area contributed by atoms with Crippen LogP contribution in [-0.4, -0.2) is 17.7 Å². The third-order valence-electron chi connectivity index (χ3n) is 2.61. The molecule has 0 aliphatic heterocycles. The number of carboxylic acids is 1. The molecule has 0 unspecified atom stereocenters. The van der Waals surface area contributed by atoms with E-state index >= 15 is 0 Å². The molecular weight excluding hydrogens is 258 g/mol. The Morgan fingerprint density at radius 1 is 1.15 bits per heavy atom. The highest BCUT2D eigenvalue weighted by Crippen LogP contribution is 2.27. The van der Waals surface area contributed by atoms with Crippen molar-refractivity contribution in [3.05, 3.63) is 48.0 Å². The summed E-state index contributed by atoms with van der Waals surface area (Å²) in [5.41, 5.74) is 5.81. The average Bonchev–Trinajstić information content (AvgIpc) is 2.41. The van der Waals surface area contributed by atoms with Crippen molar-refractivity contribution in [2.75, 3.05) is 12.3 Å². The molecule has 3 N–H and O–H groups in total. The summed E-state index contributed by atoms with van der Waals surface area (Å²) in [6.07, 6.45) is 0. The number of anilines is 1. The molecule has 5 heteroatoms. The number of carbonyl (C=O) groups is 1. The minimum absolute atomic E-state index is 0.0171. The molecule has 0 saturated carbocycles. The van der Waals surface area contributed by atoms with Crippen molar-refractivity contribution in [3.63, 3.8) is 0 Å². The van der Waals surface area contributed by atoms with Gasteiger partial charge in [-0.15, -0.1) is 0 Å². The molecule has 0 aromatic heterocycles. The zero-order valence-corrected chi connectivity index (χ0v) is 11.0. The molecule has 0 aliphatic rings. The van der Waals surface area contributed by atoms with Crippen LogP contribution in [0.25, 0.3) is 0 Å². The lowest BCUT2D eigenvalue weighted by molar-refractivity contribution is 0.0697. The second-order valence-electron chi connectivity index (χ2n) is 4.06. The molecule has 20 heavy (non-hydrogen) atoms. The predicted molar refractivity (Wildman–Crippen MR) is 75.5 cm³/mol. The van der Waals surface area contributed by atoms with Crippen LogP contribution in [0.15, 0.2) is 42.5 Å². The highest BCUT2D eigenvalue weighted by molar-refractivity contribution is 5.94. The van der Waals surface area contributed by atoms with E-state index in [9.17, 15) is 4.79 Å². The summed E-state index contributed by atoms with van der Waals surface area (Å²) in [5, 5.41) is 9.01. The number of ether oxygens (including phenoxy) is 2. The molecule has 0 heterocycles. The fourth-order valence-electron chi connectivity index (χ4n) is 1.71. The number of aromatic carboxylic acids is 1. The van der Waals surface area contributed by atoms with Crippen LogP contribution in [-0.2, 0) is 0 Å². The van der Waals surface area contributed by atoms with Crippen molar-refractivity contribution in [3.8, 4) is 17.2 Å². The van der Waals surface area contributed by atoms with Gasteiger partial charge in [0.25, 0.3) is 0 Å². The van der Waals surface area contributed by atoms with Gasteiger partial charge in [0, 0.05) is 11.8 Å². The molecule has 2 aromatic rings. The fraction of sp³-hybridized carbons (Fsp3) is 0.133. The van der Waals surface area contributed by atoms with Crippen LogP contribution in [0, 0.1) is 0 Å². The van der Waals surface area contributed by atoms with Gasteiger partial charge >= 0.3 is 5.97 Å². The summed E-state index contributed by atoms with van der Waals surface area (Å²) in [4.78, 5) is 11.0. The second kappa shape index (κ2) is 5.97. The molecule has 0 amide bonds. The largest absolute Gasteiger partial charge is 0.494 e. The molecule has 0 bridgehead atoms. The molecule has 0 radical (unpaired) electrons. The summed E-state index contributed by atoms with van der Waals surface area (Å²) >= 11 is 0. The van der Waals surface area contributed by atoms with Crippen LogP contribution < -0.4 is 15.2 Å². The number of nitrogen functional groups attached to an aromatic ring is 1. The Morgan fingerprint density at radius 3 is 2.55 bits per heavy atom. The molecule has 2 aromatic carbocycles. The van der Waals surface area contributed by atoms with Gasteiger partial charge in [-0.3, -0.25) is 0 Å². The molecule has 5 nitrogen and oxygen atoms in total. The number of benzene rings is 2. The molecule has 0 saturated heterocycles. The Kier molecular flexibility index (Phi) is 4.10. The first kappa shape index (κ1) is 13.7. The molecule has 2 rings (SSSR count). The van der Waals surface area contributed by atoms with E-state index in [0.29, 0.717) is 23.9 Å². The molecule has 0 spiro atoms. The van der Waals surface area contributed by atoms with Crippen molar-refractivity contribution in [1.82, 2.24) is 0 Å². The van der Waals surface area contributed by atoms with Gasteiger partial charge in [0.1, 0.15) is 17.2 Å². The van der Waals surface area contributed by atoms with Gasteiger partial charge < -0.3 is 20.3 Å². The van der Waals surface area contributed by atoms with E-state index in [1.165, 1.54) is 12.1 Å². The average molecular weight is 273 g/mol. The van der Waals surface area contributed by atoms with Crippen molar-refractivity contribution in [2.24, 2.45) is 0 Å². The lowest BCUT2D eigenvalue weighted by Gasteiger charge is -2.09. The third kappa shape index (κ3) is 3.20. The highest BCUT2D eigenvalue weighted by Gasteiger charge is 2.09. The number of rotatable bonds is 5. The lowest BCUT2D eigenvalue weighted by atomic mass is 10.2. The fourth-order valence-corrected chi connectivity index (χ4v) is 1.71. The van der Waals surface area contributed by atoms with E-state index in [-0.39, 0.29) is 11.3 Å². The standard InChI is InChI=1S/C15H15NO4/c1-2-19-10-4-3-5-11(8-10)20-12-6-7-14(16)13(9-12)15(17)18/h3-9H,2,16H2,1H3,(H,17,18). The van der Waals surface area contributed by atoms with Gasteiger partial charge in [-0.05, 0) is 37.3 Å². The van der Waals surface area contributed by atoms with Crippen molar-refractivity contribution >= 4 is 11.7 Å².